The molecule has 0 aromatic carbocycles. The second kappa shape index (κ2) is 4.18. The minimum absolute atomic E-state index is 0.142. The van der Waals surface area contributed by atoms with Gasteiger partial charge in [-0.05, 0) is 6.42 Å². The molecule has 0 saturated heterocycles. The number of rotatable bonds is 5. The minimum atomic E-state index is -3.68. The number of carboxylic acid groups (broad SMARTS) is 1. The highest BCUT2D eigenvalue weighted by Gasteiger charge is 2.45. The Morgan fingerprint density at radius 3 is 2.50 bits per heavy atom. The smallest absolute Gasteiger partial charge is 0.375 e. The predicted octanol–water partition coefficient (Wildman–Crippen LogP) is 2.31. The van der Waals surface area contributed by atoms with E-state index in [2.05, 4.69) is 6.58 Å². The molecule has 0 aliphatic rings. The van der Waals surface area contributed by atoms with Gasteiger partial charge in [-0.1, -0.05) is 19.4 Å². The number of carboxylic acids is 1. The summed E-state index contributed by atoms with van der Waals surface area (Å²) in [5.74, 6) is -7.03. The number of carbonyl (C=O) groups is 1. The Balaban J connectivity index is 4.46. The Morgan fingerprint density at radius 1 is 1.75 bits per heavy atom. The maximum atomic E-state index is 12.7. The first-order valence-corrected chi connectivity index (χ1v) is 3.70. The lowest BCUT2D eigenvalue weighted by Crippen LogP contribution is -2.35. The van der Waals surface area contributed by atoms with Crippen LogP contribution in [0.1, 0.15) is 19.8 Å². The molecule has 4 heteroatoms. The van der Waals surface area contributed by atoms with Crippen molar-refractivity contribution < 1.29 is 18.7 Å². The van der Waals surface area contributed by atoms with E-state index in [4.69, 9.17) is 5.11 Å². The molecule has 0 aromatic rings. The quantitative estimate of drug-likeness (QED) is 0.656. The van der Waals surface area contributed by atoms with Gasteiger partial charge in [0.15, 0.2) is 0 Å². The molecule has 0 heterocycles. The van der Waals surface area contributed by atoms with Gasteiger partial charge in [0, 0.05) is 0 Å². The first kappa shape index (κ1) is 11.1. The lowest BCUT2D eigenvalue weighted by Gasteiger charge is -2.18. The number of hydrogen-bond acceptors (Lipinski definition) is 1. The molecular weight excluding hydrogens is 166 g/mol. The van der Waals surface area contributed by atoms with Crippen LogP contribution >= 0.6 is 0 Å². The Labute approximate surface area is 69.9 Å². The van der Waals surface area contributed by atoms with E-state index in [9.17, 15) is 13.6 Å². The summed E-state index contributed by atoms with van der Waals surface area (Å²) in [7, 11) is 0. The molecule has 0 aromatic heterocycles. The summed E-state index contributed by atoms with van der Waals surface area (Å²) in [6, 6.07) is 0. The molecule has 2 nitrogen and oxygen atoms in total. The largest absolute Gasteiger partial charge is 0.477 e. The molecule has 12 heavy (non-hydrogen) atoms. The van der Waals surface area contributed by atoms with E-state index in [0.717, 1.165) is 6.08 Å². The van der Waals surface area contributed by atoms with Crippen LogP contribution in [0, 0.1) is 5.92 Å². The van der Waals surface area contributed by atoms with E-state index < -0.39 is 17.8 Å². The monoisotopic (exact) mass is 178 g/mol. The molecule has 1 N–H and O–H groups in total. The van der Waals surface area contributed by atoms with E-state index in [0.29, 0.717) is 6.42 Å². The van der Waals surface area contributed by atoms with Gasteiger partial charge in [0.25, 0.3) is 0 Å². The van der Waals surface area contributed by atoms with E-state index >= 15 is 0 Å². The standard InChI is InChI=1S/C8H12F2O2/c1-3-5-6(4-2)8(9,10)7(11)12/h4,6H,2-3,5H2,1H3,(H,11,12). The third-order valence-electron chi connectivity index (χ3n) is 1.64. The van der Waals surface area contributed by atoms with Crippen molar-refractivity contribution in [3.05, 3.63) is 12.7 Å². The number of hydrogen-bond donors (Lipinski definition) is 1. The lowest BCUT2D eigenvalue weighted by molar-refractivity contribution is -0.170. The van der Waals surface area contributed by atoms with Crippen LogP contribution in [-0.4, -0.2) is 17.0 Å². The minimum Gasteiger partial charge on any atom is -0.477 e. The van der Waals surface area contributed by atoms with Crippen LogP contribution in [0.4, 0.5) is 8.78 Å². The maximum absolute atomic E-state index is 12.7. The Morgan fingerprint density at radius 2 is 2.25 bits per heavy atom. The van der Waals surface area contributed by atoms with Crippen molar-refractivity contribution in [2.45, 2.75) is 25.7 Å². The van der Waals surface area contributed by atoms with Crippen LogP contribution in [-0.2, 0) is 4.79 Å². The molecule has 0 spiro atoms. The van der Waals surface area contributed by atoms with E-state index in [-0.39, 0.29) is 6.42 Å². The summed E-state index contributed by atoms with van der Waals surface area (Å²) in [6.45, 7) is 4.90. The van der Waals surface area contributed by atoms with Gasteiger partial charge in [-0.25, -0.2) is 4.79 Å². The van der Waals surface area contributed by atoms with Gasteiger partial charge in [-0.2, -0.15) is 8.78 Å². The maximum Gasteiger partial charge on any atom is 0.375 e. The van der Waals surface area contributed by atoms with Crippen molar-refractivity contribution in [3.8, 4) is 0 Å². The van der Waals surface area contributed by atoms with Crippen LogP contribution in [0.5, 0.6) is 0 Å². The molecule has 0 radical (unpaired) electrons. The molecular formula is C8H12F2O2. The van der Waals surface area contributed by atoms with Gasteiger partial charge in [0.05, 0.1) is 5.92 Å². The predicted molar refractivity (Wildman–Crippen MR) is 41.2 cm³/mol. The number of alkyl halides is 2. The normalized spacial score (nSPS) is 13.9. The summed E-state index contributed by atoms with van der Waals surface area (Å²) >= 11 is 0. The SMILES string of the molecule is C=CC(CCC)C(F)(F)C(=O)O. The fraction of sp³-hybridized carbons (Fsp3) is 0.625. The molecule has 0 aliphatic heterocycles. The van der Waals surface area contributed by atoms with Gasteiger partial charge in [0.1, 0.15) is 0 Å². The topological polar surface area (TPSA) is 37.3 Å². The molecule has 0 saturated carbocycles. The van der Waals surface area contributed by atoms with E-state index in [1.807, 2.05) is 0 Å². The summed E-state index contributed by atoms with van der Waals surface area (Å²) in [6.07, 6.45) is 1.65. The highest BCUT2D eigenvalue weighted by Crippen LogP contribution is 2.29. The number of aliphatic carboxylic acids is 1. The summed E-state index contributed by atoms with van der Waals surface area (Å²) in [5, 5.41) is 8.17. The van der Waals surface area contributed by atoms with Gasteiger partial charge in [0.2, 0.25) is 0 Å². The van der Waals surface area contributed by atoms with E-state index in [1.54, 1.807) is 6.92 Å². The van der Waals surface area contributed by atoms with Crippen LogP contribution in [0.25, 0.3) is 0 Å². The summed E-state index contributed by atoms with van der Waals surface area (Å²) in [5.41, 5.74) is 0. The fourth-order valence-electron chi connectivity index (χ4n) is 0.917. The third-order valence-corrected chi connectivity index (χ3v) is 1.64. The van der Waals surface area contributed by atoms with Crippen molar-refractivity contribution in [3.63, 3.8) is 0 Å². The molecule has 1 unspecified atom stereocenters. The second-order valence-corrected chi connectivity index (χ2v) is 2.56. The molecule has 1 atom stereocenters. The average molecular weight is 178 g/mol. The van der Waals surface area contributed by atoms with Gasteiger partial charge in [-0.3, -0.25) is 0 Å². The van der Waals surface area contributed by atoms with Gasteiger partial charge in [-0.15, -0.1) is 6.58 Å². The van der Waals surface area contributed by atoms with Crippen LogP contribution in [0.15, 0.2) is 12.7 Å². The van der Waals surface area contributed by atoms with Crippen LogP contribution in [0.2, 0.25) is 0 Å². The Kier molecular flexibility index (Phi) is 3.86. The Bertz CT molecular complexity index is 178. The highest BCUT2D eigenvalue weighted by molar-refractivity contribution is 5.76. The molecule has 0 fully saturated rings. The second-order valence-electron chi connectivity index (χ2n) is 2.56. The molecule has 0 aliphatic carbocycles. The van der Waals surface area contributed by atoms with Crippen LogP contribution < -0.4 is 0 Å². The highest BCUT2D eigenvalue weighted by atomic mass is 19.3. The van der Waals surface area contributed by atoms with Crippen molar-refractivity contribution in [2.24, 2.45) is 5.92 Å². The van der Waals surface area contributed by atoms with Gasteiger partial charge >= 0.3 is 11.9 Å². The number of allylic oxidation sites excluding steroid dienone is 1. The fourth-order valence-corrected chi connectivity index (χ4v) is 0.917. The van der Waals surface area contributed by atoms with Gasteiger partial charge < -0.3 is 5.11 Å². The van der Waals surface area contributed by atoms with Crippen molar-refractivity contribution in [2.75, 3.05) is 0 Å². The zero-order chi connectivity index (χ0) is 9.78. The van der Waals surface area contributed by atoms with Crippen molar-refractivity contribution in [1.82, 2.24) is 0 Å². The number of halogens is 2. The lowest BCUT2D eigenvalue weighted by atomic mass is 9.96. The van der Waals surface area contributed by atoms with E-state index in [1.165, 1.54) is 0 Å². The molecule has 70 valence electrons. The van der Waals surface area contributed by atoms with Crippen LogP contribution in [0.3, 0.4) is 0 Å². The zero-order valence-corrected chi connectivity index (χ0v) is 6.89. The Hall–Kier alpha value is -0.930. The summed E-state index contributed by atoms with van der Waals surface area (Å²) in [4.78, 5) is 10.1. The first-order valence-electron chi connectivity index (χ1n) is 3.70. The van der Waals surface area contributed by atoms with Crippen molar-refractivity contribution in [1.29, 1.82) is 0 Å². The molecule has 0 bridgehead atoms. The molecule has 0 rings (SSSR count). The molecule has 0 amide bonds. The average Bonchev–Trinajstić information content (AvgIpc) is 1.99. The summed E-state index contributed by atoms with van der Waals surface area (Å²) < 4.78 is 25.5. The first-order chi connectivity index (χ1) is 5.46. The zero-order valence-electron chi connectivity index (χ0n) is 6.89. The van der Waals surface area contributed by atoms with Crippen molar-refractivity contribution >= 4 is 5.97 Å². The third kappa shape index (κ3) is 2.29.